The number of rotatable bonds is 19. The van der Waals surface area contributed by atoms with E-state index in [0.717, 1.165) is 17.4 Å². The van der Waals surface area contributed by atoms with E-state index in [-0.39, 0.29) is 12.6 Å². The number of esters is 1. The van der Waals surface area contributed by atoms with E-state index in [4.69, 9.17) is 28.4 Å². The summed E-state index contributed by atoms with van der Waals surface area (Å²) in [6.45, 7) is 10.3. The average molecular weight is 510 g/mol. The first-order chi connectivity index (χ1) is 14.9. The quantitative estimate of drug-likeness (QED) is 0.156. The van der Waals surface area contributed by atoms with E-state index in [1.165, 1.54) is 0 Å². The van der Waals surface area contributed by atoms with E-state index in [1.807, 2.05) is 27.0 Å². The number of carbonyl (C=O) groups excluding carboxylic acids is 1. The van der Waals surface area contributed by atoms with Gasteiger partial charge in [-0.1, -0.05) is 21.1 Å². The molecule has 1 aromatic rings. The van der Waals surface area contributed by atoms with Crippen molar-refractivity contribution in [3.8, 4) is 0 Å². The Morgan fingerprint density at radius 1 is 0.903 bits per heavy atom. The summed E-state index contributed by atoms with van der Waals surface area (Å²) < 4.78 is 33.8. The molecule has 0 radical (unpaired) electrons. The Morgan fingerprint density at radius 2 is 1.42 bits per heavy atom. The maximum atomic E-state index is 11.4. The van der Waals surface area contributed by atoms with Gasteiger partial charge in [0.25, 0.3) is 0 Å². The SMILES string of the molecule is CC(C)(C)OC(=O)COCCOCCOCCOCCOCCn1cc(CCBr)nn1. The summed E-state index contributed by atoms with van der Waals surface area (Å²) in [6.07, 6.45) is 2.80. The zero-order chi connectivity index (χ0) is 22.8. The van der Waals surface area contributed by atoms with Crippen LogP contribution in [0.5, 0.6) is 0 Å². The summed E-state index contributed by atoms with van der Waals surface area (Å²) in [6, 6.07) is 0. The molecule has 11 heteroatoms. The molecule has 31 heavy (non-hydrogen) atoms. The highest BCUT2D eigenvalue weighted by atomic mass is 79.9. The van der Waals surface area contributed by atoms with Gasteiger partial charge in [-0.3, -0.25) is 0 Å². The van der Waals surface area contributed by atoms with Crippen molar-refractivity contribution in [1.82, 2.24) is 15.0 Å². The van der Waals surface area contributed by atoms with E-state index in [1.54, 1.807) is 4.68 Å². The largest absolute Gasteiger partial charge is 0.458 e. The lowest BCUT2D eigenvalue weighted by molar-refractivity contribution is -0.160. The minimum atomic E-state index is -0.499. The fourth-order valence-corrected chi connectivity index (χ4v) is 2.63. The fourth-order valence-electron chi connectivity index (χ4n) is 2.22. The standard InChI is InChI=1S/C20H36BrN3O7/c1-20(2,3)31-19(25)17-30-15-14-29-13-12-28-11-10-27-9-8-26-7-6-24-16-18(4-5-21)22-23-24/h16H,4-15,17H2,1-3H3. The molecule has 10 nitrogen and oxygen atoms in total. The third kappa shape index (κ3) is 17.2. The van der Waals surface area contributed by atoms with Gasteiger partial charge in [-0.2, -0.15) is 0 Å². The maximum absolute atomic E-state index is 11.4. The number of carbonyl (C=O) groups is 1. The first kappa shape index (κ1) is 27.9. The molecule has 0 spiro atoms. The third-order valence-corrected chi connectivity index (χ3v) is 3.93. The molecular formula is C20H36BrN3O7. The summed E-state index contributed by atoms with van der Waals surface area (Å²) in [5, 5.41) is 8.98. The van der Waals surface area contributed by atoms with Crippen LogP contribution in [-0.2, 0) is 46.2 Å². The topological polar surface area (TPSA) is 103 Å². The van der Waals surface area contributed by atoms with Crippen molar-refractivity contribution in [3.05, 3.63) is 11.9 Å². The summed E-state index contributed by atoms with van der Waals surface area (Å²) >= 11 is 3.38. The molecule has 1 rings (SSSR count). The minimum absolute atomic E-state index is 0.0725. The second-order valence-electron chi connectivity index (χ2n) is 7.50. The number of alkyl halides is 1. The third-order valence-electron chi connectivity index (χ3n) is 3.53. The van der Waals surface area contributed by atoms with Crippen molar-refractivity contribution in [3.63, 3.8) is 0 Å². The molecule has 0 saturated heterocycles. The molecule has 0 saturated carbocycles. The van der Waals surface area contributed by atoms with Crippen LogP contribution in [-0.4, -0.2) is 98.0 Å². The Balaban J connectivity index is 1.77. The van der Waals surface area contributed by atoms with Gasteiger partial charge in [0.1, 0.15) is 12.2 Å². The van der Waals surface area contributed by atoms with Crippen LogP contribution in [0.25, 0.3) is 0 Å². The number of hydrogen-bond acceptors (Lipinski definition) is 9. The molecule has 1 aromatic heterocycles. The molecule has 1 heterocycles. The first-order valence-electron chi connectivity index (χ1n) is 10.5. The van der Waals surface area contributed by atoms with Gasteiger partial charge in [0.2, 0.25) is 0 Å². The van der Waals surface area contributed by atoms with Crippen molar-refractivity contribution in [2.45, 2.75) is 39.3 Å². The number of halogens is 1. The first-order valence-corrected chi connectivity index (χ1v) is 11.6. The number of aromatic nitrogens is 3. The summed E-state index contributed by atoms with van der Waals surface area (Å²) in [4.78, 5) is 11.4. The van der Waals surface area contributed by atoms with E-state index in [2.05, 4.69) is 26.2 Å². The molecule has 0 unspecified atom stereocenters. The zero-order valence-electron chi connectivity index (χ0n) is 18.8. The highest BCUT2D eigenvalue weighted by Gasteiger charge is 2.15. The average Bonchev–Trinajstić information content (AvgIpc) is 3.14. The van der Waals surface area contributed by atoms with Crippen molar-refractivity contribution in [2.75, 3.05) is 71.4 Å². The molecule has 0 bridgehead atoms. The van der Waals surface area contributed by atoms with Crippen LogP contribution in [0.3, 0.4) is 0 Å². The van der Waals surface area contributed by atoms with Gasteiger partial charge in [0.05, 0.1) is 71.7 Å². The Kier molecular flexibility index (Phi) is 15.7. The van der Waals surface area contributed by atoms with Crippen molar-refractivity contribution < 1.29 is 33.2 Å². The highest BCUT2D eigenvalue weighted by Crippen LogP contribution is 2.06. The van der Waals surface area contributed by atoms with Crippen molar-refractivity contribution >= 4 is 21.9 Å². The van der Waals surface area contributed by atoms with E-state index in [0.29, 0.717) is 66.0 Å². The number of aryl methyl sites for hydroxylation is 1. The smallest absolute Gasteiger partial charge is 0.332 e. The molecule has 180 valence electrons. The van der Waals surface area contributed by atoms with E-state index >= 15 is 0 Å². The van der Waals surface area contributed by atoms with E-state index < -0.39 is 5.60 Å². The number of hydrogen-bond donors (Lipinski definition) is 0. The van der Waals surface area contributed by atoms with Gasteiger partial charge < -0.3 is 28.4 Å². The van der Waals surface area contributed by atoms with Crippen LogP contribution in [0, 0.1) is 0 Å². The van der Waals surface area contributed by atoms with Crippen LogP contribution in [0.15, 0.2) is 6.20 Å². The lowest BCUT2D eigenvalue weighted by atomic mass is 10.2. The molecule has 0 aliphatic heterocycles. The van der Waals surface area contributed by atoms with Crippen molar-refractivity contribution in [2.24, 2.45) is 0 Å². The van der Waals surface area contributed by atoms with Crippen LogP contribution in [0.2, 0.25) is 0 Å². The molecule has 0 amide bonds. The normalized spacial score (nSPS) is 11.7. The molecule has 0 N–H and O–H groups in total. The van der Waals surface area contributed by atoms with Crippen LogP contribution in [0.1, 0.15) is 26.5 Å². The van der Waals surface area contributed by atoms with Gasteiger partial charge in [-0.05, 0) is 20.8 Å². The predicted octanol–water partition coefficient (Wildman–Crippen LogP) is 1.64. The molecular weight excluding hydrogens is 474 g/mol. The monoisotopic (exact) mass is 509 g/mol. The summed E-state index contributed by atoms with van der Waals surface area (Å²) in [5.41, 5.74) is 0.471. The van der Waals surface area contributed by atoms with Gasteiger partial charge in [-0.25, -0.2) is 9.48 Å². The zero-order valence-corrected chi connectivity index (χ0v) is 20.4. The van der Waals surface area contributed by atoms with E-state index in [9.17, 15) is 4.79 Å². The Bertz CT molecular complexity index is 581. The molecule has 0 aliphatic rings. The van der Waals surface area contributed by atoms with Crippen LogP contribution < -0.4 is 0 Å². The van der Waals surface area contributed by atoms with Gasteiger partial charge in [0.15, 0.2) is 0 Å². The summed E-state index contributed by atoms with van der Waals surface area (Å²) in [7, 11) is 0. The number of nitrogens with zero attached hydrogens (tertiary/aromatic N) is 3. The fraction of sp³-hybridized carbons (Fsp3) is 0.850. The molecule has 0 fully saturated rings. The molecule has 0 atom stereocenters. The number of ether oxygens (including phenoxy) is 6. The Labute approximate surface area is 193 Å². The second-order valence-corrected chi connectivity index (χ2v) is 8.29. The van der Waals surface area contributed by atoms with Gasteiger partial charge in [0, 0.05) is 17.9 Å². The lowest BCUT2D eigenvalue weighted by Gasteiger charge is -2.19. The van der Waals surface area contributed by atoms with Crippen LogP contribution in [0.4, 0.5) is 0 Å². The molecule has 0 aromatic carbocycles. The second kappa shape index (κ2) is 17.4. The Morgan fingerprint density at radius 3 is 1.94 bits per heavy atom. The predicted molar refractivity (Wildman–Crippen MR) is 117 cm³/mol. The van der Waals surface area contributed by atoms with Crippen molar-refractivity contribution in [1.29, 1.82) is 0 Å². The Hall–Kier alpha value is -1.11. The summed E-state index contributed by atoms with van der Waals surface area (Å²) in [5.74, 6) is -0.379. The maximum Gasteiger partial charge on any atom is 0.332 e. The van der Waals surface area contributed by atoms with Crippen LogP contribution >= 0.6 is 15.9 Å². The minimum Gasteiger partial charge on any atom is -0.458 e. The highest BCUT2D eigenvalue weighted by molar-refractivity contribution is 9.09. The lowest BCUT2D eigenvalue weighted by Crippen LogP contribution is -2.27. The molecule has 0 aliphatic carbocycles. The van der Waals surface area contributed by atoms with Gasteiger partial charge in [-0.15, -0.1) is 5.10 Å². The van der Waals surface area contributed by atoms with Gasteiger partial charge >= 0.3 is 5.97 Å².